The first-order valence-corrected chi connectivity index (χ1v) is 13.4. The van der Waals surface area contributed by atoms with Crippen LogP contribution in [0.3, 0.4) is 0 Å². The van der Waals surface area contributed by atoms with Gasteiger partial charge >= 0.3 is 5.97 Å². The molecule has 4 rings (SSSR count). The molecule has 0 radical (unpaired) electrons. The fourth-order valence-electron chi connectivity index (χ4n) is 4.22. The van der Waals surface area contributed by atoms with Crippen molar-refractivity contribution in [2.45, 2.75) is 51.9 Å². The maximum absolute atomic E-state index is 13.5. The summed E-state index contributed by atoms with van der Waals surface area (Å²) < 4.78 is 13.6. The van der Waals surface area contributed by atoms with Crippen LogP contribution in [0.25, 0.3) is 10.9 Å². The largest absolute Gasteiger partial charge is 0.490 e. The van der Waals surface area contributed by atoms with E-state index in [-0.39, 0.29) is 22.2 Å². The molecule has 1 aliphatic carbocycles. The van der Waals surface area contributed by atoms with Crippen LogP contribution in [0.5, 0.6) is 11.5 Å². The first-order chi connectivity index (χ1) is 16.8. The molecule has 3 aromatic rings. The summed E-state index contributed by atoms with van der Waals surface area (Å²) in [5.74, 6) is 0.724. The van der Waals surface area contributed by atoms with E-state index in [0.717, 1.165) is 30.2 Å². The minimum Gasteiger partial charge on any atom is -0.490 e. The molecule has 0 bridgehead atoms. The summed E-state index contributed by atoms with van der Waals surface area (Å²) in [6.07, 6.45) is 6.84. The van der Waals surface area contributed by atoms with Crippen LogP contribution in [0.2, 0.25) is 5.02 Å². The van der Waals surface area contributed by atoms with Gasteiger partial charge in [0.05, 0.1) is 23.7 Å². The highest BCUT2D eigenvalue weighted by atomic mass is 79.9. The molecule has 1 aromatic heterocycles. The minimum atomic E-state index is -0.516. The van der Waals surface area contributed by atoms with Crippen molar-refractivity contribution in [2.24, 2.45) is 5.10 Å². The van der Waals surface area contributed by atoms with Crippen LogP contribution >= 0.6 is 43.5 Å². The molecule has 0 spiro atoms. The van der Waals surface area contributed by atoms with Gasteiger partial charge in [0.25, 0.3) is 5.56 Å². The van der Waals surface area contributed by atoms with Crippen LogP contribution in [0, 0.1) is 0 Å². The summed E-state index contributed by atoms with van der Waals surface area (Å²) in [4.78, 5) is 29.9. The van der Waals surface area contributed by atoms with Gasteiger partial charge in [-0.1, -0.05) is 46.8 Å². The molecule has 0 N–H and O–H groups in total. The highest BCUT2D eigenvalue weighted by Gasteiger charge is 2.23. The highest BCUT2D eigenvalue weighted by Crippen LogP contribution is 2.42. The van der Waals surface area contributed by atoms with E-state index in [0.29, 0.717) is 39.1 Å². The Kier molecular flexibility index (Phi) is 8.29. The average molecular weight is 626 g/mol. The van der Waals surface area contributed by atoms with Crippen LogP contribution in [-0.4, -0.2) is 28.5 Å². The third-order valence-corrected chi connectivity index (χ3v) is 7.75. The second-order valence-corrected chi connectivity index (χ2v) is 10.4. The van der Waals surface area contributed by atoms with Gasteiger partial charge in [-0.25, -0.2) is 4.98 Å². The maximum atomic E-state index is 13.5. The lowest BCUT2D eigenvalue weighted by molar-refractivity contribution is -0.132. The molecular formula is C25H24Br2ClN3O4. The standard InChI is InChI=1S/C25H24Br2ClN3O4/c1-3-34-20-11-16(21(27)22(28)23(20)35-14(2)32)13-29-31-24(15-7-5-4-6-8-15)30-19-10-9-17(26)12-18(19)25(31)33/h9-13,15H,3-8H2,1-2H3. The summed E-state index contributed by atoms with van der Waals surface area (Å²) in [6, 6.07) is 7.15. The molecule has 0 saturated heterocycles. The first kappa shape index (κ1) is 25.9. The Morgan fingerprint density at radius 2 is 2.00 bits per heavy atom. The third kappa shape index (κ3) is 5.62. The summed E-state index contributed by atoms with van der Waals surface area (Å²) >= 11 is 13.4. The highest BCUT2D eigenvalue weighted by molar-refractivity contribution is 9.10. The van der Waals surface area contributed by atoms with Crippen molar-refractivity contribution >= 4 is 66.5 Å². The molecule has 10 heteroatoms. The van der Waals surface area contributed by atoms with Gasteiger partial charge in [0.15, 0.2) is 11.5 Å². The lowest BCUT2D eigenvalue weighted by Gasteiger charge is -2.22. The molecule has 1 heterocycles. The molecule has 0 atom stereocenters. The van der Waals surface area contributed by atoms with E-state index in [1.165, 1.54) is 24.2 Å². The van der Waals surface area contributed by atoms with Crippen LogP contribution in [0.4, 0.5) is 0 Å². The van der Waals surface area contributed by atoms with Crippen molar-refractivity contribution in [3.63, 3.8) is 0 Å². The molecule has 0 amide bonds. The number of benzene rings is 2. The smallest absolute Gasteiger partial charge is 0.308 e. The monoisotopic (exact) mass is 623 g/mol. The lowest BCUT2D eigenvalue weighted by Crippen LogP contribution is -2.25. The molecule has 0 aliphatic heterocycles. The van der Waals surface area contributed by atoms with Crippen LogP contribution in [0.15, 0.2) is 43.1 Å². The van der Waals surface area contributed by atoms with E-state index in [2.05, 4.69) is 37.0 Å². The molecule has 35 heavy (non-hydrogen) atoms. The van der Waals surface area contributed by atoms with Crippen molar-refractivity contribution in [1.29, 1.82) is 0 Å². The van der Waals surface area contributed by atoms with Gasteiger partial charge in [0.1, 0.15) is 10.8 Å². The third-order valence-electron chi connectivity index (χ3n) is 5.82. The topological polar surface area (TPSA) is 82.8 Å². The van der Waals surface area contributed by atoms with E-state index in [4.69, 9.17) is 26.1 Å². The van der Waals surface area contributed by atoms with E-state index >= 15 is 0 Å². The Balaban J connectivity index is 1.86. The van der Waals surface area contributed by atoms with Crippen molar-refractivity contribution in [2.75, 3.05) is 6.61 Å². The average Bonchev–Trinajstić information content (AvgIpc) is 2.84. The van der Waals surface area contributed by atoms with Gasteiger partial charge in [0, 0.05) is 27.4 Å². The number of ether oxygens (including phenoxy) is 2. The predicted octanol–water partition coefficient (Wildman–Crippen LogP) is 6.83. The number of carbonyl (C=O) groups excluding carboxylic acids is 1. The first-order valence-electron chi connectivity index (χ1n) is 11.4. The van der Waals surface area contributed by atoms with Crippen molar-refractivity contribution in [1.82, 2.24) is 9.66 Å². The molecule has 0 unspecified atom stereocenters. The zero-order chi connectivity index (χ0) is 25.1. The van der Waals surface area contributed by atoms with E-state index in [1.54, 1.807) is 12.1 Å². The molecule has 1 aliphatic rings. The number of halogens is 3. The van der Waals surface area contributed by atoms with E-state index < -0.39 is 5.97 Å². The fourth-order valence-corrected chi connectivity index (χ4v) is 5.22. The van der Waals surface area contributed by atoms with Gasteiger partial charge < -0.3 is 9.47 Å². The quantitative estimate of drug-likeness (QED) is 0.170. The van der Waals surface area contributed by atoms with Crippen LogP contribution < -0.4 is 15.0 Å². The zero-order valence-electron chi connectivity index (χ0n) is 19.3. The number of nitrogens with zero attached hydrogens (tertiary/aromatic N) is 3. The van der Waals surface area contributed by atoms with Crippen molar-refractivity contribution in [3.8, 4) is 11.5 Å². The summed E-state index contributed by atoms with van der Waals surface area (Å²) in [6.45, 7) is 3.45. The molecule has 184 valence electrons. The summed E-state index contributed by atoms with van der Waals surface area (Å²) in [7, 11) is 0. The van der Waals surface area contributed by atoms with Crippen molar-refractivity contribution < 1.29 is 14.3 Å². The second kappa shape index (κ2) is 11.2. The van der Waals surface area contributed by atoms with Gasteiger partial charge in [-0.2, -0.15) is 9.78 Å². The molecular weight excluding hydrogens is 602 g/mol. The number of fused-ring (bicyclic) bond motifs is 1. The summed E-state index contributed by atoms with van der Waals surface area (Å²) in [5, 5.41) is 5.23. The lowest BCUT2D eigenvalue weighted by atomic mass is 9.88. The number of aromatic nitrogens is 2. The number of esters is 1. The van der Waals surface area contributed by atoms with Gasteiger partial charge in [-0.15, -0.1) is 0 Å². The molecule has 2 aromatic carbocycles. The summed E-state index contributed by atoms with van der Waals surface area (Å²) in [5.41, 5.74) is 0.973. The van der Waals surface area contributed by atoms with Crippen LogP contribution in [-0.2, 0) is 4.79 Å². The van der Waals surface area contributed by atoms with E-state index in [9.17, 15) is 9.59 Å². The van der Waals surface area contributed by atoms with Gasteiger partial charge in [0.2, 0.25) is 0 Å². The second-order valence-electron chi connectivity index (χ2n) is 8.28. The Hall–Kier alpha value is -2.23. The maximum Gasteiger partial charge on any atom is 0.308 e. The number of hydrogen-bond donors (Lipinski definition) is 0. The zero-order valence-corrected chi connectivity index (χ0v) is 23.2. The van der Waals surface area contributed by atoms with Gasteiger partial charge in [-0.3, -0.25) is 9.59 Å². The van der Waals surface area contributed by atoms with Crippen LogP contribution in [0.1, 0.15) is 63.3 Å². The number of carbonyl (C=O) groups is 1. The fraction of sp³-hybridized carbons (Fsp3) is 0.360. The van der Waals surface area contributed by atoms with Gasteiger partial charge in [-0.05, 0) is 60.0 Å². The Morgan fingerprint density at radius 1 is 1.26 bits per heavy atom. The Bertz CT molecular complexity index is 1370. The molecule has 1 fully saturated rings. The van der Waals surface area contributed by atoms with E-state index in [1.807, 2.05) is 19.1 Å². The Morgan fingerprint density at radius 3 is 2.69 bits per heavy atom. The minimum absolute atomic E-state index is 0.127. The predicted molar refractivity (Wildman–Crippen MR) is 144 cm³/mol. The number of rotatable bonds is 6. The number of hydrogen-bond acceptors (Lipinski definition) is 6. The van der Waals surface area contributed by atoms with Crippen molar-refractivity contribution in [3.05, 3.63) is 60.0 Å². The molecule has 1 saturated carbocycles. The SMILES string of the molecule is CCOc1cc(C=Nn2c(C3CCCCC3)nc3ccc(Br)cc3c2=O)c(Br)c(Cl)c1OC(C)=O. The molecule has 7 nitrogen and oxygen atoms in total. The normalized spacial score (nSPS) is 14.5. The Labute approximate surface area is 224 Å².